The predicted molar refractivity (Wildman–Crippen MR) is 135 cm³/mol. The van der Waals surface area contributed by atoms with E-state index in [4.69, 9.17) is 26.3 Å². The van der Waals surface area contributed by atoms with Gasteiger partial charge in [0.05, 0.1) is 22.5 Å². The highest BCUT2D eigenvalue weighted by Gasteiger charge is 2.33. The van der Waals surface area contributed by atoms with Crippen LogP contribution in [0.4, 0.5) is 5.82 Å². The van der Waals surface area contributed by atoms with Crippen LogP contribution in [0.1, 0.15) is 55.4 Å². The molecule has 1 aliphatic rings. The fourth-order valence-corrected chi connectivity index (χ4v) is 5.85. The van der Waals surface area contributed by atoms with E-state index >= 15 is 0 Å². The number of rotatable bonds is 6. The Morgan fingerprint density at radius 2 is 1.71 bits per heavy atom. The van der Waals surface area contributed by atoms with Gasteiger partial charge in [0.15, 0.2) is 5.65 Å². The fourth-order valence-electron chi connectivity index (χ4n) is 4.66. The number of anilines is 1. The molecular weight excluding hydrogens is 488 g/mol. The van der Waals surface area contributed by atoms with E-state index in [2.05, 4.69) is 4.72 Å². The molecule has 0 saturated heterocycles. The summed E-state index contributed by atoms with van der Waals surface area (Å²) in [4.78, 5) is 22.8. The van der Waals surface area contributed by atoms with Gasteiger partial charge in [0.1, 0.15) is 16.9 Å². The first-order valence-electron chi connectivity index (χ1n) is 11.6. The molecule has 2 heterocycles. The molecule has 1 N–H and O–H groups in total. The van der Waals surface area contributed by atoms with Gasteiger partial charge < -0.3 is 9.30 Å². The Morgan fingerprint density at radius 3 is 2.37 bits per heavy atom. The number of esters is 1. The van der Waals surface area contributed by atoms with Crippen molar-refractivity contribution in [3.05, 3.63) is 59.1 Å². The highest BCUT2D eigenvalue weighted by Crippen LogP contribution is 2.39. The average molecular weight is 513 g/mol. The van der Waals surface area contributed by atoms with Crippen LogP contribution in [0, 0.1) is 0 Å². The maximum absolute atomic E-state index is 13.4. The third kappa shape index (κ3) is 4.46. The lowest BCUT2D eigenvalue weighted by Gasteiger charge is -2.26. The molecule has 0 bridgehead atoms. The van der Waals surface area contributed by atoms with E-state index in [-0.39, 0.29) is 28.9 Å². The Morgan fingerprint density at radius 1 is 1.06 bits per heavy atom. The molecule has 1 saturated carbocycles. The number of benzene rings is 2. The van der Waals surface area contributed by atoms with Crippen LogP contribution in [-0.4, -0.2) is 35.5 Å². The molecule has 182 valence electrons. The highest BCUT2D eigenvalue weighted by atomic mass is 35.5. The van der Waals surface area contributed by atoms with Crippen molar-refractivity contribution in [1.29, 1.82) is 0 Å². The second kappa shape index (κ2) is 9.47. The lowest BCUT2D eigenvalue weighted by Crippen LogP contribution is -2.21. The average Bonchev–Trinajstić information content (AvgIpc) is 3.15. The van der Waals surface area contributed by atoms with Gasteiger partial charge in [-0.3, -0.25) is 4.72 Å². The molecule has 1 fully saturated rings. The molecule has 4 aromatic rings. The van der Waals surface area contributed by atoms with Crippen molar-refractivity contribution < 1.29 is 17.9 Å². The van der Waals surface area contributed by atoms with Crippen LogP contribution >= 0.6 is 11.6 Å². The third-order valence-corrected chi connectivity index (χ3v) is 7.88. The highest BCUT2D eigenvalue weighted by molar-refractivity contribution is 7.92. The lowest BCUT2D eigenvalue weighted by molar-refractivity contribution is 0.0529. The molecule has 35 heavy (non-hydrogen) atoms. The quantitative estimate of drug-likeness (QED) is 0.331. The topological polar surface area (TPSA) is 103 Å². The van der Waals surface area contributed by atoms with Crippen molar-refractivity contribution in [3.63, 3.8) is 0 Å². The van der Waals surface area contributed by atoms with Crippen molar-refractivity contribution in [2.75, 3.05) is 11.3 Å². The number of nitrogens with zero attached hydrogens (tertiary/aromatic N) is 3. The van der Waals surface area contributed by atoms with Gasteiger partial charge in [0, 0.05) is 11.1 Å². The Kier molecular flexibility index (Phi) is 6.37. The summed E-state index contributed by atoms with van der Waals surface area (Å²) in [6.45, 7) is 1.84. The zero-order valence-corrected chi connectivity index (χ0v) is 20.8. The van der Waals surface area contributed by atoms with E-state index in [1.807, 2.05) is 28.8 Å². The standard InChI is InChI=1S/C25H25ClN4O4S/c1-2-34-25(31)21-22-24(28-20-11-7-6-10-19(20)27-22)30(17-8-4-3-5-9-17)23(21)29-35(32,33)18-14-12-16(26)13-15-18/h6-7,10-15,17,29H,2-5,8-9H2,1H3. The smallest absolute Gasteiger partial charge is 0.344 e. The number of carbonyl (C=O) groups excluding carboxylic acids is 1. The molecule has 2 aromatic heterocycles. The molecule has 0 aliphatic heterocycles. The number of halogens is 1. The van der Waals surface area contributed by atoms with Crippen LogP contribution in [0.25, 0.3) is 22.2 Å². The van der Waals surface area contributed by atoms with E-state index in [1.165, 1.54) is 24.3 Å². The van der Waals surface area contributed by atoms with Crippen molar-refractivity contribution in [1.82, 2.24) is 14.5 Å². The summed E-state index contributed by atoms with van der Waals surface area (Å²) in [6.07, 6.45) is 4.81. The summed E-state index contributed by atoms with van der Waals surface area (Å²) >= 11 is 5.96. The Bertz CT molecular complexity index is 1510. The number of carbonyl (C=O) groups is 1. The molecule has 10 heteroatoms. The molecule has 0 unspecified atom stereocenters. The summed E-state index contributed by atoms with van der Waals surface area (Å²) < 4.78 is 36.7. The van der Waals surface area contributed by atoms with E-state index < -0.39 is 16.0 Å². The van der Waals surface area contributed by atoms with Gasteiger partial charge in [-0.05, 0) is 56.2 Å². The Hall–Kier alpha value is -3.17. The van der Waals surface area contributed by atoms with Crippen LogP contribution in [0.5, 0.6) is 0 Å². The molecule has 1 aliphatic carbocycles. The van der Waals surface area contributed by atoms with Gasteiger partial charge >= 0.3 is 5.97 Å². The van der Waals surface area contributed by atoms with Crippen molar-refractivity contribution in [2.24, 2.45) is 0 Å². The SMILES string of the molecule is CCOC(=O)c1c(NS(=O)(=O)c2ccc(Cl)cc2)n(C2CCCCC2)c2nc3ccccc3nc12. The molecule has 0 amide bonds. The Labute approximate surface area is 208 Å². The molecule has 8 nitrogen and oxygen atoms in total. The minimum atomic E-state index is -4.05. The minimum absolute atomic E-state index is 0.0308. The second-order valence-corrected chi connectivity index (χ2v) is 10.7. The van der Waals surface area contributed by atoms with Crippen LogP contribution < -0.4 is 4.72 Å². The van der Waals surface area contributed by atoms with Gasteiger partial charge in [-0.2, -0.15) is 0 Å². The number of sulfonamides is 1. The van der Waals surface area contributed by atoms with Crippen LogP contribution in [-0.2, 0) is 14.8 Å². The molecular formula is C25H25ClN4O4S. The van der Waals surface area contributed by atoms with Gasteiger partial charge in [-0.15, -0.1) is 0 Å². The maximum Gasteiger partial charge on any atom is 0.344 e. The summed E-state index contributed by atoms with van der Waals surface area (Å²) in [6, 6.07) is 13.2. The van der Waals surface area contributed by atoms with Gasteiger partial charge in [-0.25, -0.2) is 23.2 Å². The van der Waals surface area contributed by atoms with E-state index in [0.29, 0.717) is 27.2 Å². The summed E-state index contributed by atoms with van der Waals surface area (Å²) in [5.41, 5.74) is 2.13. The first kappa shape index (κ1) is 23.6. The van der Waals surface area contributed by atoms with Crippen LogP contribution in [0.15, 0.2) is 53.4 Å². The predicted octanol–water partition coefficient (Wildman–Crippen LogP) is 5.72. The van der Waals surface area contributed by atoms with Crippen molar-refractivity contribution in [2.45, 2.75) is 50.0 Å². The monoisotopic (exact) mass is 512 g/mol. The fraction of sp³-hybridized carbons (Fsp3) is 0.320. The molecule has 5 rings (SSSR count). The van der Waals surface area contributed by atoms with E-state index in [9.17, 15) is 13.2 Å². The first-order chi connectivity index (χ1) is 16.9. The summed E-state index contributed by atoms with van der Waals surface area (Å²) in [5, 5.41) is 0.424. The van der Waals surface area contributed by atoms with Crippen molar-refractivity contribution >= 4 is 55.6 Å². The summed E-state index contributed by atoms with van der Waals surface area (Å²) in [7, 11) is -4.05. The van der Waals surface area contributed by atoms with Gasteiger partial charge in [0.2, 0.25) is 0 Å². The van der Waals surface area contributed by atoms with E-state index in [1.54, 1.807) is 6.92 Å². The second-order valence-electron chi connectivity index (χ2n) is 8.55. The van der Waals surface area contributed by atoms with E-state index in [0.717, 1.165) is 32.1 Å². The Balaban J connectivity index is 1.79. The van der Waals surface area contributed by atoms with Crippen LogP contribution in [0.3, 0.4) is 0 Å². The molecule has 0 spiro atoms. The number of hydrogen-bond acceptors (Lipinski definition) is 6. The number of para-hydroxylation sites is 2. The lowest BCUT2D eigenvalue weighted by atomic mass is 9.95. The maximum atomic E-state index is 13.4. The number of ether oxygens (including phenoxy) is 1. The number of nitrogens with one attached hydrogen (secondary N) is 1. The van der Waals surface area contributed by atoms with Gasteiger partial charge in [-0.1, -0.05) is 43.0 Å². The summed E-state index contributed by atoms with van der Waals surface area (Å²) in [5.74, 6) is -0.513. The number of fused-ring (bicyclic) bond motifs is 2. The zero-order valence-electron chi connectivity index (χ0n) is 19.2. The third-order valence-electron chi connectivity index (χ3n) is 6.27. The molecule has 2 aromatic carbocycles. The molecule has 0 radical (unpaired) electrons. The van der Waals surface area contributed by atoms with Gasteiger partial charge in [0.25, 0.3) is 10.0 Å². The first-order valence-corrected chi connectivity index (χ1v) is 13.5. The number of aromatic nitrogens is 3. The zero-order chi connectivity index (χ0) is 24.6. The largest absolute Gasteiger partial charge is 0.462 e. The van der Waals surface area contributed by atoms with Crippen LogP contribution in [0.2, 0.25) is 5.02 Å². The molecule has 0 atom stereocenters. The number of hydrogen-bond donors (Lipinski definition) is 1. The minimum Gasteiger partial charge on any atom is -0.462 e. The normalized spacial score (nSPS) is 14.9. The van der Waals surface area contributed by atoms with Crippen molar-refractivity contribution in [3.8, 4) is 0 Å².